The first kappa shape index (κ1) is 15.0. The normalized spacial score (nSPS) is 12.4. The summed E-state index contributed by atoms with van der Waals surface area (Å²) in [5, 5.41) is 4.25. The minimum atomic E-state index is -0.343. The lowest BCUT2D eigenvalue weighted by Crippen LogP contribution is -2.31. The second-order valence-electron chi connectivity index (χ2n) is 4.19. The Kier molecular flexibility index (Phi) is 4.74. The van der Waals surface area contributed by atoms with E-state index in [1.165, 1.54) is 6.07 Å². The molecule has 0 spiro atoms. The van der Waals surface area contributed by atoms with Crippen LogP contribution in [0, 0.1) is 5.82 Å². The van der Waals surface area contributed by atoms with Gasteiger partial charge >= 0.3 is 0 Å². The highest BCUT2D eigenvalue weighted by atomic mass is 79.9. The average molecular weight is 343 g/mol. The molecular weight excluding hydrogens is 327 g/mol. The van der Waals surface area contributed by atoms with Crippen LogP contribution in [0.3, 0.4) is 0 Å². The van der Waals surface area contributed by atoms with Gasteiger partial charge in [-0.3, -0.25) is 10.5 Å². The summed E-state index contributed by atoms with van der Waals surface area (Å²) < 4.78 is 20.9. The molecule has 0 aliphatic heterocycles. The molecule has 1 aromatic carbocycles. The third-order valence-electron chi connectivity index (χ3n) is 3.08. The maximum Gasteiger partial charge on any atom is 0.161 e. The largest absolute Gasteiger partial charge is 0.493 e. The number of halogens is 2. The molecule has 1 unspecified atom stereocenters. The second kappa shape index (κ2) is 6.34. The molecule has 1 aromatic heterocycles. The van der Waals surface area contributed by atoms with E-state index < -0.39 is 0 Å². The van der Waals surface area contributed by atoms with E-state index in [0.29, 0.717) is 16.8 Å². The summed E-state index contributed by atoms with van der Waals surface area (Å²) in [6, 6.07) is 4.41. The molecule has 20 heavy (non-hydrogen) atoms. The van der Waals surface area contributed by atoms with Crippen LogP contribution in [-0.2, 0) is 6.54 Å². The molecule has 0 bridgehead atoms. The van der Waals surface area contributed by atoms with Crippen LogP contribution in [0.5, 0.6) is 5.75 Å². The lowest BCUT2D eigenvalue weighted by molar-refractivity contribution is 0.399. The molecule has 0 fully saturated rings. The fraction of sp³-hybridized carbons (Fsp3) is 0.308. The summed E-state index contributed by atoms with van der Waals surface area (Å²) in [6.07, 6.45) is 1.64. The predicted molar refractivity (Wildman–Crippen MR) is 77.7 cm³/mol. The second-order valence-corrected chi connectivity index (χ2v) is 5.04. The molecule has 2 aromatic rings. The molecule has 1 atom stereocenters. The van der Waals surface area contributed by atoms with Crippen LogP contribution in [0.4, 0.5) is 4.39 Å². The molecule has 108 valence electrons. The standard InChI is InChI=1S/C13H16BrFN4O/c1-3-19-13(11(20-2)7-17-19)12(18-16)8-4-5-10(15)9(14)6-8/h4-7,12,18H,3,16H2,1-2H3. The Hall–Kier alpha value is -1.44. The van der Waals surface area contributed by atoms with E-state index in [4.69, 9.17) is 10.6 Å². The van der Waals surface area contributed by atoms with Crippen molar-refractivity contribution in [2.24, 2.45) is 5.84 Å². The van der Waals surface area contributed by atoms with E-state index in [1.807, 2.05) is 6.92 Å². The number of benzene rings is 1. The van der Waals surface area contributed by atoms with E-state index >= 15 is 0 Å². The van der Waals surface area contributed by atoms with Crippen LogP contribution in [0.15, 0.2) is 28.9 Å². The zero-order valence-corrected chi connectivity index (χ0v) is 12.8. The van der Waals surface area contributed by atoms with Crippen LogP contribution in [0.1, 0.15) is 24.2 Å². The van der Waals surface area contributed by atoms with Gasteiger partial charge in [-0.2, -0.15) is 5.10 Å². The van der Waals surface area contributed by atoms with Crippen LogP contribution >= 0.6 is 15.9 Å². The van der Waals surface area contributed by atoms with Gasteiger partial charge in [-0.25, -0.2) is 9.82 Å². The molecular formula is C13H16BrFN4O. The maximum atomic E-state index is 13.4. The molecule has 7 heteroatoms. The zero-order valence-electron chi connectivity index (χ0n) is 11.2. The number of methoxy groups -OCH3 is 1. The minimum absolute atomic E-state index is 0.319. The SMILES string of the molecule is CCn1ncc(OC)c1C(NN)c1ccc(F)c(Br)c1. The number of nitrogens with two attached hydrogens (primary N) is 1. The van der Waals surface area contributed by atoms with Gasteiger partial charge in [-0.15, -0.1) is 0 Å². The highest BCUT2D eigenvalue weighted by molar-refractivity contribution is 9.10. The van der Waals surface area contributed by atoms with E-state index in [1.54, 1.807) is 30.1 Å². The van der Waals surface area contributed by atoms with Crippen molar-refractivity contribution in [1.29, 1.82) is 0 Å². The quantitative estimate of drug-likeness (QED) is 0.646. The number of aromatic nitrogens is 2. The summed E-state index contributed by atoms with van der Waals surface area (Å²) in [5.74, 6) is 5.99. The van der Waals surface area contributed by atoms with Crippen LogP contribution in [0.25, 0.3) is 0 Å². The Labute approximate surface area is 125 Å². The Morgan fingerprint density at radius 2 is 2.30 bits per heavy atom. The van der Waals surface area contributed by atoms with E-state index in [-0.39, 0.29) is 11.9 Å². The summed E-state index contributed by atoms with van der Waals surface area (Å²) >= 11 is 3.18. The fourth-order valence-corrected chi connectivity index (χ4v) is 2.50. The Balaban J connectivity index is 2.51. The van der Waals surface area contributed by atoms with Gasteiger partial charge in [0.05, 0.1) is 23.8 Å². The van der Waals surface area contributed by atoms with Gasteiger partial charge in [0.1, 0.15) is 11.5 Å². The van der Waals surface area contributed by atoms with Gasteiger partial charge in [0.25, 0.3) is 0 Å². The monoisotopic (exact) mass is 342 g/mol. The van der Waals surface area contributed by atoms with Gasteiger partial charge < -0.3 is 4.74 Å². The number of rotatable bonds is 5. The van der Waals surface area contributed by atoms with Crippen molar-refractivity contribution >= 4 is 15.9 Å². The zero-order chi connectivity index (χ0) is 14.7. The van der Waals surface area contributed by atoms with Crippen molar-refractivity contribution in [3.63, 3.8) is 0 Å². The third kappa shape index (κ3) is 2.70. The number of ether oxygens (including phenoxy) is 1. The lowest BCUT2D eigenvalue weighted by atomic mass is 10.0. The molecule has 0 amide bonds. The van der Waals surface area contributed by atoms with Crippen molar-refractivity contribution in [1.82, 2.24) is 15.2 Å². The molecule has 0 radical (unpaired) electrons. The van der Waals surface area contributed by atoms with Crippen molar-refractivity contribution in [3.05, 3.63) is 45.9 Å². The Morgan fingerprint density at radius 3 is 2.85 bits per heavy atom. The molecule has 0 aliphatic carbocycles. The highest BCUT2D eigenvalue weighted by Crippen LogP contribution is 2.31. The molecule has 1 heterocycles. The minimum Gasteiger partial charge on any atom is -0.493 e. The highest BCUT2D eigenvalue weighted by Gasteiger charge is 2.22. The first-order valence-electron chi connectivity index (χ1n) is 6.13. The van der Waals surface area contributed by atoms with E-state index in [0.717, 1.165) is 11.3 Å². The third-order valence-corrected chi connectivity index (χ3v) is 3.69. The molecule has 2 rings (SSSR count). The van der Waals surface area contributed by atoms with Gasteiger partial charge in [0.2, 0.25) is 0 Å². The number of aryl methyl sites for hydroxylation is 1. The number of nitrogens with one attached hydrogen (secondary N) is 1. The summed E-state index contributed by atoms with van der Waals surface area (Å²) in [5.41, 5.74) is 4.35. The van der Waals surface area contributed by atoms with Crippen molar-refractivity contribution in [2.45, 2.75) is 19.5 Å². The topological polar surface area (TPSA) is 65.1 Å². The summed E-state index contributed by atoms with van der Waals surface area (Å²) in [4.78, 5) is 0. The number of hydrazine groups is 1. The molecule has 0 saturated heterocycles. The average Bonchev–Trinajstić information content (AvgIpc) is 2.86. The lowest BCUT2D eigenvalue weighted by Gasteiger charge is -2.19. The van der Waals surface area contributed by atoms with E-state index in [2.05, 4.69) is 26.5 Å². The van der Waals surface area contributed by atoms with Crippen LogP contribution < -0.4 is 16.0 Å². The number of hydrogen-bond acceptors (Lipinski definition) is 4. The smallest absolute Gasteiger partial charge is 0.161 e. The van der Waals surface area contributed by atoms with Gasteiger partial charge in [-0.1, -0.05) is 6.07 Å². The van der Waals surface area contributed by atoms with Crippen molar-refractivity contribution < 1.29 is 9.13 Å². The summed E-state index contributed by atoms with van der Waals surface area (Å²) in [6.45, 7) is 2.66. The van der Waals surface area contributed by atoms with Gasteiger partial charge in [-0.05, 0) is 40.5 Å². The van der Waals surface area contributed by atoms with Crippen molar-refractivity contribution in [2.75, 3.05) is 7.11 Å². The Morgan fingerprint density at radius 1 is 1.55 bits per heavy atom. The maximum absolute atomic E-state index is 13.4. The Bertz CT molecular complexity index is 581. The van der Waals surface area contributed by atoms with Gasteiger partial charge in [0.15, 0.2) is 5.75 Å². The van der Waals surface area contributed by atoms with Gasteiger partial charge in [0, 0.05) is 6.54 Å². The van der Waals surface area contributed by atoms with Crippen LogP contribution in [0.2, 0.25) is 0 Å². The molecule has 3 N–H and O–H groups in total. The van der Waals surface area contributed by atoms with E-state index in [9.17, 15) is 4.39 Å². The number of nitrogens with zero attached hydrogens (tertiary/aromatic N) is 2. The van der Waals surface area contributed by atoms with Crippen molar-refractivity contribution in [3.8, 4) is 5.75 Å². The predicted octanol–water partition coefficient (Wildman–Crippen LogP) is 2.37. The fourth-order valence-electron chi connectivity index (χ4n) is 2.10. The summed E-state index contributed by atoms with van der Waals surface area (Å²) in [7, 11) is 1.58. The first-order valence-corrected chi connectivity index (χ1v) is 6.92. The molecule has 0 saturated carbocycles. The molecule has 0 aliphatic rings. The first-order chi connectivity index (χ1) is 9.62. The number of hydrogen-bond donors (Lipinski definition) is 2. The molecule has 5 nitrogen and oxygen atoms in total. The van der Waals surface area contributed by atoms with Crippen LogP contribution in [-0.4, -0.2) is 16.9 Å².